The van der Waals surface area contributed by atoms with E-state index in [4.69, 9.17) is 18.9 Å². The normalized spacial score (nSPS) is 11.5. The predicted molar refractivity (Wildman–Crippen MR) is 91.6 cm³/mol. The van der Waals surface area contributed by atoms with E-state index in [-0.39, 0.29) is 5.56 Å². The smallest absolute Gasteiger partial charge is 0.339 e. The summed E-state index contributed by atoms with van der Waals surface area (Å²) < 4.78 is 21.3. The number of rotatable bonds is 9. The Morgan fingerprint density at radius 1 is 1.29 bits per heavy atom. The molecule has 24 heavy (non-hydrogen) atoms. The number of benzene rings is 1. The minimum atomic E-state index is -0.925. The number of methoxy groups -OCH3 is 2. The zero-order chi connectivity index (χ0) is 18.1. The largest absolute Gasteiger partial charge is 0.492 e. The Labute approximate surface area is 149 Å². The maximum Gasteiger partial charge on any atom is 0.339 e. The lowest BCUT2D eigenvalue weighted by molar-refractivity contribution is -0.129. The van der Waals surface area contributed by atoms with Gasteiger partial charge in [0.05, 0.1) is 30.4 Å². The third kappa shape index (κ3) is 5.68. The summed E-state index contributed by atoms with van der Waals surface area (Å²) in [6, 6.07) is 3.07. The van der Waals surface area contributed by atoms with Gasteiger partial charge in [0.25, 0.3) is 5.91 Å². The van der Waals surface area contributed by atoms with Gasteiger partial charge in [-0.3, -0.25) is 4.79 Å². The molecular formula is C16H22BrNO6. The van der Waals surface area contributed by atoms with Crippen molar-refractivity contribution in [2.45, 2.75) is 20.0 Å². The van der Waals surface area contributed by atoms with Crippen LogP contribution in [0.3, 0.4) is 0 Å². The number of amides is 1. The number of esters is 1. The summed E-state index contributed by atoms with van der Waals surface area (Å²) in [5.41, 5.74) is 0.252. The number of ether oxygens (including phenoxy) is 4. The molecule has 1 aromatic rings. The van der Waals surface area contributed by atoms with Crippen LogP contribution in [0.4, 0.5) is 0 Å². The minimum absolute atomic E-state index is 0.252. The standard InChI is InChI=1S/C16H22BrNO6/c1-5-23-13-9-11(8-12(17)14(13)22-4)16(20)24-10(2)15(19)18-6-7-21-3/h8-10H,5-7H2,1-4H3,(H,18,19)/t10-/m1/s1. The summed E-state index contributed by atoms with van der Waals surface area (Å²) >= 11 is 3.33. The van der Waals surface area contributed by atoms with Gasteiger partial charge in [-0.25, -0.2) is 4.79 Å². The first-order valence-corrected chi connectivity index (χ1v) is 8.21. The van der Waals surface area contributed by atoms with Crippen molar-refractivity contribution in [2.24, 2.45) is 0 Å². The second-order valence-electron chi connectivity index (χ2n) is 4.75. The maximum atomic E-state index is 12.3. The molecule has 0 radical (unpaired) electrons. The van der Waals surface area contributed by atoms with Gasteiger partial charge in [-0.05, 0) is 41.9 Å². The molecule has 8 heteroatoms. The molecule has 0 aliphatic carbocycles. The van der Waals surface area contributed by atoms with E-state index in [2.05, 4.69) is 21.2 Å². The molecule has 1 N–H and O–H groups in total. The molecule has 0 aliphatic heterocycles. The number of nitrogens with one attached hydrogen (secondary N) is 1. The van der Waals surface area contributed by atoms with E-state index in [1.54, 1.807) is 6.07 Å². The summed E-state index contributed by atoms with van der Waals surface area (Å²) in [5.74, 6) is -0.121. The van der Waals surface area contributed by atoms with E-state index < -0.39 is 18.0 Å². The molecule has 0 saturated carbocycles. The molecular weight excluding hydrogens is 382 g/mol. The number of carbonyl (C=O) groups excluding carboxylic acids is 2. The average Bonchev–Trinajstić information content (AvgIpc) is 2.54. The monoisotopic (exact) mass is 403 g/mol. The van der Waals surface area contributed by atoms with Crippen LogP contribution in [0, 0.1) is 0 Å². The lowest BCUT2D eigenvalue weighted by Crippen LogP contribution is -2.37. The molecule has 134 valence electrons. The third-order valence-corrected chi connectivity index (χ3v) is 3.60. The molecule has 0 spiro atoms. The molecule has 0 bridgehead atoms. The number of hydrogen-bond donors (Lipinski definition) is 1. The van der Waals surface area contributed by atoms with Gasteiger partial charge in [-0.1, -0.05) is 0 Å². The first kappa shape index (κ1) is 20.2. The van der Waals surface area contributed by atoms with E-state index in [9.17, 15) is 9.59 Å². The first-order chi connectivity index (χ1) is 11.4. The second-order valence-corrected chi connectivity index (χ2v) is 5.61. The molecule has 1 aromatic carbocycles. The molecule has 0 aliphatic rings. The molecule has 0 aromatic heterocycles. The summed E-state index contributed by atoms with van der Waals surface area (Å²) in [5, 5.41) is 2.61. The first-order valence-electron chi connectivity index (χ1n) is 7.42. The van der Waals surface area contributed by atoms with E-state index in [0.29, 0.717) is 35.7 Å². The number of carbonyl (C=O) groups is 2. The molecule has 0 unspecified atom stereocenters. The van der Waals surface area contributed by atoms with Crippen molar-refractivity contribution >= 4 is 27.8 Å². The van der Waals surface area contributed by atoms with Gasteiger partial charge >= 0.3 is 5.97 Å². The van der Waals surface area contributed by atoms with Gasteiger partial charge in [-0.15, -0.1) is 0 Å². The van der Waals surface area contributed by atoms with Crippen LogP contribution < -0.4 is 14.8 Å². The van der Waals surface area contributed by atoms with E-state index in [1.165, 1.54) is 27.2 Å². The second kappa shape index (κ2) is 10.1. The Morgan fingerprint density at radius 3 is 2.58 bits per heavy atom. The SMILES string of the molecule is CCOc1cc(C(=O)O[C@H](C)C(=O)NCCOC)cc(Br)c1OC. The van der Waals surface area contributed by atoms with Crippen molar-refractivity contribution in [1.82, 2.24) is 5.32 Å². The number of hydrogen-bond acceptors (Lipinski definition) is 6. The van der Waals surface area contributed by atoms with Crippen LogP contribution in [0.25, 0.3) is 0 Å². The van der Waals surface area contributed by atoms with Crippen LogP contribution in [0.1, 0.15) is 24.2 Å². The van der Waals surface area contributed by atoms with Crippen LogP contribution in [0.5, 0.6) is 11.5 Å². The van der Waals surface area contributed by atoms with Crippen molar-refractivity contribution in [3.63, 3.8) is 0 Å². The van der Waals surface area contributed by atoms with Crippen molar-refractivity contribution in [2.75, 3.05) is 34.0 Å². The highest BCUT2D eigenvalue weighted by atomic mass is 79.9. The van der Waals surface area contributed by atoms with Gasteiger partial charge in [0.2, 0.25) is 0 Å². The van der Waals surface area contributed by atoms with Crippen molar-refractivity contribution in [1.29, 1.82) is 0 Å². The summed E-state index contributed by atoms with van der Waals surface area (Å²) in [7, 11) is 3.04. The Morgan fingerprint density at radius 2 is 2.00 bits per heavy atom. The molecule has 1 atom stereocenters. The molecule has 0 fully saturated rings. The van der Waals surface area contributed by atoms with E-state index in [1.807, 2.05) is 6.92 Å². The van der Waals surface area contributed by atoms with Crippen LogP contribution in [0.2, 0.25) is 0 Å². The Bertz CT molecular complexity index is 578. The van der Waals surface area contributed by atoms with Gasteiger partial charge in [0.15, 0.2) is 17.6 Å². The van der Waals surface area contributed by atoms with Crippen molar-refractivity contribution in [3.8, 4) is 11.5 Å². The fourth-order valence-electron chi connectivity index (χ4n) is 1.85. The fraction of sp³-hybridized carbons (Fsp3) is 0.500. The minimum Gasteiger partial charge on any atom is -0.492 e. The average molecular weight is 404 g/mol. The third-order valence-electron chi connectivity index (χ3n) is 3.01. The van der Waals surface area contributed by atoms with Gasteiger partial charge in [0.1, 0.15) is 0 Å². The van der Waals surface area contributed by atoms with Crippen LogP contribution in [0.15, 0.2) is 16.6 Å². The number of halogens is 1. The van der Waals surface area contributed by atoms with E-state index >= 15 is 0 Å². The van der Waals surface area contributed by atoms with Gasteiger partial charge < -0.3 is 24.3 Å². The Balaban J connectivity index is 2.82. The summed E-state index contributed by atoms with van der Waals surface area (Å²) in [4.78, 5) is 24.1. The predicted octanol–water partition coefficient (Wildman–Crippen LogP) is 2.16. The van der Waals surface area contributed by atoms with Crippen molar-refractivity contribution < 1.29 is 28.5 Å². The highest BCUT2D eigenvalue weighted by Gasteiger charge is 2.21. The van der Waals surface area contributed by atoms with Gasteiger partial charge in [0, 0.05) is 13.7 Å². The highest BCUT2D eigenvalue weighted by Crippen LogP contribution is 2.36. The summed E-state index contributed by atoms with van der Waals surface area (Å²) in [6.45, 7) is 4.47. The molecule has 0 heterocycles. The Hall–Kier alpha value is -1.80. The summed E-state index contributed by atoms with van der Waals surface area (Å²) in [6.07, 6.45) is -0.925. The van der Waals surface area contributed by atoms with Crippen LogP contribution in [-0.4, -0.2) is 52.0 Å². The zero-order valence-electron chi connectivity index (χ0n) is 14.2. The van der Waals surface area contributed by atoms with E-state index in [0.717, 1.165) is 0 Å². The lowest BCUT2D eigenvalue weighted by Gasteiger charge is -2.15. The maximum absolute atomic E-state index is 12.3. The van der Waals surface area contributed by atoms with Crippen molar-refractivity contribution in [3.05, 3.63) is 22.2 Å². The zero-order valence-corrected chi connectivity index (χ0v) is 15.8. The molecule has 1 rings (SSSR count). The lowest BCUT2D eigenvalue weighted by atomic mass is 10.2. The topological polar surface area (TPSA) is 83.1 Å². The van der Waals surface area contributed by atoms with Crippen LogP contribution >= 0.6 is 15.9 Å². The molecule has 1 amide bonds. The fourth-order valence-corrected chi connectivity index (χ4v) is 2.45. The highest BCUT2D eigenvalue weighted by molar-refractivity contribution is 9.10. The molecule has 0 saturated heterocycles. The van der Waals surface area contributed by atoms with Gasteiger partial charge in [-0.2, -0.15) is 0 Å². The quantitative estimate of drug-likeness (QED) is 0.502. The van der Waals surface area contributed by atoms with Crippen LogP contribution in [-0.2, 0) is 14.3 Å². The molecule has 7 nitrogen and oxygen atoms in total. The Kier molecular flexibility index (Phi) is 8.56.